The summed E-state index contributed by atoms with van der Waals surface area (Å²) < 4.78 is 32.6. The normalized spacial score (nSPS) is 17.8. The zero-order valence-electron chi connectivity index (χ0n) is 19.8. The molecule has 5 nitrogen and oxygen atoms in total. The zero-order valence-corrected chi connectivity index (χ0v) is 19.8. The molecule has 1 atom stereocenters. The van der Waals surface area contributed by atoms with Gasteiger partial charge in [-0.15, -0.1) is 0 Å². The molecule has 1 aromatic rings. The van der Waals surface area contributed by atoms with Crippen molar-refractivity contribution in [3.8, 4) is 5.75 Å². The highest BCUT2D eigenvalue weighted by Gasteiger charge is 2.52. The Morgan fingerprint density at radius 2 is 1.91 bits per heavy atom. The van der Waals surface area contributed by atoms with Crippen molar-refractivity contribution in [2.24, 2.45) is 0 Å². The van der Waals surface area contributed by atoms with E-state index in [0.717, 1.165) is 56.1 Å². The van der Waals surface area contributed by atoms with E-state index >= 15 is 0 Å². The molecule has 0 aliphatic carbocycles. The number of nitrogens with zero attached hydrogens (tertiary/aromatic N) is 1. The van der Waals surface area contributed by atoms with Crippen molar-refractivity contribution in [2.45, 2.75) is 89.5 Å². The van der Waals surface area contributed by atoms with Gasteiger partial charge in [-0.05, 0) is 62.6 Å². The number of likely N-dealkylation sites (tertiary alicyclic amines) is 1. The molecular formula is C26H37F2NO4. The number of esters is 1. The number of phenols is 1. The van der Waals surface area contributed by atoms with Crippen LogP contribution in [-0.4, -0.2) is 47.5 Å². The number of ether oxygens (including phenoxy) is 1. The van der Waals surface area contributed by atoms with Gasteiger partial charge in [0.2, 0.25) is 0 Å². The molecule has 1 aromatic carbocycles. The van der Waals surface area contributed by atoms with Gasteiger partial charge in [0.05, 0.1) is 13.2 Å². The predicted octanol–water partition coefficient (Wildman–Crippen LogP) is 5.72. The molecule has 1 heterocycles. The van der Waals surface area contributed by atoms with E-state index in [1.54, 1.807) is 12.1 Å². The number of benzene rings is 1. The summed E-state index contributed by atoms with van der Waals surface area (Å²) in [6.45, 7) is 2.18. The van der Waals surface area contributed by atoms with Gasteiger partial charge >= 0.3 is 11.9 Å². The molecule has 7 heteroatoms. The average molecular weight is 466 g/mol. The van der Waals surface area contributed by atoms with Gasteiger partial charge in [-0.1, -0.05) is 43.5 Å². The Morgan fingerprint density at radius 3 is 2.64 bits per heavy atom. The van der Waals surface area contributed by atoms with Crippen LogP contribution in [0.15, 0.2) is 30.4 Å². The Hall–Kier alpha value is -2.44. The molecule has 0 aromatic heterocycles. The number of amides is 1. The Kier molecular flexibility index (Phi) is 10.8. The molecule has 33 heavy (non-hydrogen) atoms. The number of unbranched alkanes of at least 4 members (excludes halogenated alkanes) is 6. The van der Waals surface area contributed by atoms with Gasteiger partial charge in [0.15, 0.2) is 0 Å². The highest BCUT2D eigenvalue weighted by molar-refractivity contribution is 5.86. The fraction of sp³-hybridized carbons (Fsp3) is 0.615. The highest BCUT2D eigenvalue weighted by atomic mass is 19.3. The maximum absolute atomic E-state index is 14.0. The molecule has 1 fully saturated rings. The summed E-state index contributed by atoms with van der Waals surface area (Å²) in [4.78, 5) is 24.5. The second-order valence-electron chi connectivity index (χ2n) is 8.86. The van der Waals surface area contributed by atoms with Gasteiger partial charge in [0, 0.05) is 19.4 Å². The molecule has 1 saturated heterocycles. The van der Waals surface area contributed by atoms with E-state index in [1.165, 1.54) is 12.0 Å². The van der Waals surface area contributed by atoms with Gasteiger partial charge in [0.25, 0.3) is 5.91 Å². The van der Waals surface area contributed by atoms with Crippen LogP contribution < -0.4 is 0 Å². The minimum absolute atomic E-state index is 0.246. The number of phenolic OH excluding ortho intramolecular Hbond substituents is 1. The van der Waals surface area contributed by atoms with Crippen LogP contribution >= 0.6 is 0 Å². The second kappa shape index (κ2) is 13.3. The third-order valence-electron chi connectivity index (χ3n) is 6.17. The van der Waals surface area contributed by atoms with Gasteiger partial charge in [-0.2, -0.15) is 8.78 Å². The maximum atomic E-state index is 14.0. The molecule has 1 N–H and O–H groups in total. The number of carbonyl (C=O) groups is 2. The first-order chi connectivity index (χ1) is 15.7. The summed E-state index contributed by atoms with van der Waals surface area (Å²) >= 11 is 0. The Morgan fingerprint density at radius 1 is 1.18 bits per heavy atom. The summed E-state index contributed by atoms with van der Waals surface area (Å²) in [5, 5.41) is 9.77. The molecule has 1 aliphatic rings. The van der Waals surface area contributed by atoms with Crippen LogP contribution in [0.25, 0.3) is 0 Å². The quantitative estimate of drug-likeness (QED) is 0.217. The topological polar surface area (TPSA) is 66.8 Å². The molecule has 0 bridgehead atoms. The van der Waals surface area contributed by atoms with E-state index in [4.69, 9.17) is 0 Å². The zero-order chi connectivity index (χ0) is 24.3. The molecule has 1 aliphatic heterocycles. The van der Waals surface area contributed by atoms with Gasteiger partial charge in [-0.25, -0.2) is 0 Å². The van der Waals surface area contributed by atoms with Crippen molar-refractivity contribution in [3.05, 3.63) is 41.5 Å². The number of aromatic hydroxyl groups is 1. The first kappa shape index (κ1) is 26.8. The van der Waals surface area contributed by atoms with Crippen LogP contribution in [-0.2, 0) is 20.7 Å². The SMILES string of the molecule is COC(=O)CCCCCCN1C(=O)C(F)(F)C[C@@H]1/C=C/CCCCCc1ccc(C)c(O)c1. The lowest BCUT2D eigenvalue weighted by Crippen LogP contribution is -2.36. The first-order valence-corrected chi connectivity index (χ1v) is 12.0. The Bertz CT molecular complexity index is 809. The largest absolute Gasteiger partial charge is 0.508 e. The van der Waals surface area contributed by atoms with E-state index in [2.05, 4.69) is 4.74 Å². The van der Waals surface area contributed by atoms with Crippen molar-refractivity contribution in [1.82, 2.24) is 4.90 Å². The summed E-state index contributed by atoms with van der Waals surface area (Å²) in [6.07, 6.45) is 11.1. The number of carbonyl (C=O) groups excluding carboxylic acids is 2. The molecule has 0 saturated carbocycles. The lowest BCUT2D eigenvalue weighted by atomic mass is 10.0. The van der Waals surface area contributed by atoms with Gasteiger partial charge in [0.1, 0.15) is 5.75 Å². The average Bonchev–Trinajstić information content (AvgIpc) is 3.00. The van der Waals surface area contributed by atoms with E-state index in [9.17, 15) is 23.5 Å². The van der Waals surface area contributed by atoms with E-state index < -0.39 is 24.3 Å². The second-order valence-corrected chi connectivity index (χ2v) is 8.86. The number of hydrogen-bond donors (Lipinski definition) is 1. The van der Waals surface area contributed by atoms with Crippen LogP contribution in [0.2, 0.25) is 0 Å². The number of halogens is 2. The summed E-state index contributed by atoms with van der Waals surface area (Å²) in [5.74, 6) is -4.29. The van der Waals surface area contributed by atoms with Crippen LogP contribution in [0, 0.1) is 6.92 Å². The lowest BCUT2D eigenvalue weighted by Gasteiger charge is -2.21. The van der Waals surface area contributed by atoms with Crippen LogP contribution in [0.3, 0.4) is 0 Å². The predicted molar refractivity (Wildman–Crippen MR) is 124 cm³/mol. The monoisotopic (exact) mass is 465 g/mol. The van der Waals surface area contributed by atoms with E-state index in [0.29, 0.717) is 31.6 Å². The standard InChI is InChI=1S/C26H37F2NO4/c1-20-15-16-21(18-23(20)30)12-8-4-3-5-9-13-22-19-26(27,28)25(32)29(22)17-11-7-6-10-14-24(31)33-2/h9,13,15-16,18,22,30H,3-8,10-12,14,17,19H2,1-2H3/b13-9+/t22-/m0/s1. The maximum Gasteiger partial charge on any atom is 0.327 e. The minimum atomic E-state index is -3.29. The third-order valence-corrected chi connectivity index (χ3v) is 6.17. The number of alkyl halides is 2. The fourth-order valence-corrected chi connectivity index (χ4v) is 4.10. The van der Waals surface area contributed by atoms with Gasteiger partial charge in [-0.3, -0.25) is 9.59 Å². The third kappa shape index (κ3) is 8.78. The van der Waals surface area contributed by atoms with Crippen molar-refractivity contribution >= 4 is 11.9 Å². The van der Waals surface area contributed by atoms with Crippen molar-refractivity contribution < 1.29 is 28.2 Å². The number of rotatable bonds is 14. The Balaban J connectivity index is 1.68. The summed E-state index contributed by atoms with van der Waals surface area (Å²) in [7, 11) is 1.35. The molecule has 1 amide bonds. The minimum Gasteiger partial charge on any atom is -0.508 e. The van der Waals surface area contributed by atoms with Crippen LogP contribution in [0.4, 0.5) is 8.78 Å². The molecule has 0 spiro atoms. The smallest absolute Gasteiger partial charge is 0.327 e. The van der Waals surface area contributed by atoms with Crippen LogP contribution in [0.1, 0.15) is 75.3 Å². The van der Waals surface area contributed by atoms with Crippen molar-refractivity contribution in [1.29, 1.82) is 0 Å². The van der Waals surface area contributed by atoms with E-state index in [1.807, 2.05) is 25.1 Å². The fourth-order valence-electron chi connectivity index (χ4n) is 4.10. The van der Waals surface area contributed by atoms with Crippen molar-refractivity contribution in [3.63, 3.8) is 0 Å². The number of methoxy groups -OCH3 is 1. The summed E-state index contributed by atoms with van der Waals surface area (Å²) in [6, 6.07) is 5.19. The summed E-state index contributed by atoms with van der Waals surface area (Å²) in [5.41, 5.74) is 1.98. The molecule has 0 unspecified atom stereocenters. The lowest BCUT2D eigenvalue weighted by molar-refractivity contribution is -0.148. The highest BCUT2D eigenvalue weighted by Crippen LogP contribution is 2.34. The molecular weight excluding hydrogens is 428 g/mol. The number of aryl methyl sites for hydroxylation is 2. The van der Waals surface area contributed by atoms with Crippen molar-refractivity contribution in [2.75, 3.05) is 13.7 Å². The first-order valence-electron chi connectivity index (χ1n) is 12.0. The molecule has 184 valence electrons. The van der Waals surface area contributed by atoms with E-state index in [-0.39, 0.29) is 5.97 Å². The molecule has 2 rings (SSSR count). The molecule has 0 radical (unpaired) electrons. The van der Waals surface area contributed by atoms with Gasteiger partial charge < -0.3 is 14.7 Å². The number of hydrogen-bond acceptors (Lipinski definition) is 4. The van der Waals surface area contributed by atoms with Crippen LogP contribution in [0.5, 0.6) is 5.75 Å². The number of allylic oxidation sites excluding steroid dienone is 1. The Labute approximate surface area is 195 Å².